The van der Waals surface area contributed by atoms with Gasteiger partial charge in [0.15, 0.2) is 0 Å². The third-order valence-electron chi connectivity index (χ3n) is 5.38. The van der Waals surface area contributed by atoms with Crippen molar-refractivity contribution in [3.63, 3.8) is 0 Å². The van der Waals surface area contributed by atoms with Crippen molar-refractivity contribution in [1.82, 2.24) is 25.4 Å². The molecule has 7 nitrogen and oxygen atoms in total. The zero-order chi connectivity index (χ0) is 23.0. The topological polar surface area (TPSA) is 88.9 Å². The fourth-order valence-corrected chi connectivity index (χ4v) is 3.54. The van der Waals surface area contributed by atoms with Crippen LogP contribution in [0.4, 0.5) is 0 Å². The quantitative estimate of drug-likeness (QED) is 0.440. The van der Waals surface area contributed by atoms with Crippen molar-refractivity contribution in [2.45, 2.75) is 25.4 Å². The molecule has 0 aliphatic carbocycles. The Morgan fingerprint density at radius 2 is 1.55 bits per heavy atom. The van der Waals surface area contributed by atoms with Crippen LogP contribution in [0.5, 0.6) is 0 Å². The molecular weight excluding hydrogens is 414 g/mol. The summed E-state index contributed by atoms with van der Waals surface area (Å²) in [6, 6.07) is 25.3. The first-order chi connectivity index (χ1) is 16.1. The zero-order valence-electron chi connectivity index (χ0n) is 18.3. The van der Waals surface area contributed by atoms with E-state index in [0.717, 1.165) is 16.8 Å². The van der Waals surface area contributed by atoms with E-state index in [0.29, 0.717) is 12.0 Å². The van der Waals surface area contributed by atoms with Gasteiger partial charge in [-0.15, -0.1) is 0 Å². The Morgan fingerprint density at radius 1 is 0.879 bits per heavy atom. The van der Waals surface area contributed by atoms with Crippen LogP contribution < -0.4 is 10.6 Å². The standard InChI is InChI=1S/C26H25N5O2/c1-19(21-12-14-23(15-13-21)31-18-27-17-28-31)29-26(33)24(16-20-8-4-2-5-9-20)30-25(32)22-10-6-3-7-11-22/h2-15,17-19,24H,16H2,1H3,(H,29,33)(H,30,32)/t19-,24-/m1/s1. The normalized spacial score (nSPS) is 12.5. The predicted molar refractivity (Wildman–Crippen MR) is 126 cm³/mol. The van der Waals surface area contributed by atoms with E-state index >= 15 is 0 Å². The van der Waals surface area contributed by atoms with Crippen molar-refractivity contribution in [2.75, 3.05) is 0 Å². The molecule has 1 aromatic heterocycles. The second kappa shape index (κ2) is 10.4. The van der Waals surface area contributed by atoms with Gasteiger partial charge in [-0.2, -0.15) is 5.10 Å². The van der Waals surface area contributed by atoms with Crippen molar-refractivity contribution < 1.29 is 9.59 Å². The summed E-state index contributed by atoms with van der Waals surface area (Å²) in [5.74, 6) is -0.521. The highest BCUT2D eigenvalue weighted by Crippen LogP contribution is 2.16. The second-order valence-corrected chi connectivity index (χ2v) is 7.74. The molecule has 2 N–H and O–H groups in total. The zero-order valence-corrected chi connectivity index (χ0v) is 18.3. The highest BCUT2D eigenvalue weighted by Gasteiger charge is 2.23. The number of nitrogens with one attached hydrogen (secondary N) is 2. The van der Waals surface area contributed by atoms with Gasteiger partial charge in [0.1, 0.15) is 18.7 Å². The molecule has 2 atom stereocenters. The lowest BCUT2D eigenvalue weighted by Crippen LogP contribution is -2.48. The third kappa shape index (κ3) is 5.71. The first-order valence-electron chi connectivity index (χ1n) is 10.8. The van der Waals surface area contributed by atoms with Crippen LogP contribution in [0.3, 0.4) is 0 Å². The number of aromatic nitrogens is 3. The molecule has 0 aliphatic rings. The van der Waals surface area contributed by atoms with Crippen molar-refractivity contribution in [1.29, 1.82) is 0 Å². The molecule has 7 heteroatoms. The molecule has 166 valence electrons. The maximum atomic E-state index is 13.2. The maximum Gasteiger partial charge on any atom is 0.251 e. The molecule has 4 rings (SSSR count). The van der Waals surface area contributed by atoms with E-state index in [-0.39, 0.29) is 17.9 Å². The van der Waals surface area contributed by atoms with Crippen LogP contribution in [0.1, 0.15) is 34.5 Å². The van der Waals surface area contributed by atoms with Gasteiger partial charge in [-0.05, 0) is 42.3 Å². The molecule has 0 radical (unpaired) electrons. The number of nitrogens with zero attached hydrogens (tertiary/aromatic N) is 3. The number of carbonyl (C=O) groups is 2. The Balaban J connectivity index is 1.47. The van der Waals surface area contributed by atoms with Crippen molar-refractivity contribution in [3.8, 4) is 5.69 Å². The van der Waals surface area contributed by atoms with E-state index in [1.165, 1.54) is 6.33 Å². The summed E-state index contributed by atoms with van der Waals surface area (Å²) < 4.78 is 1.67. The van der Waals surface area contributed by atoms with Gasteiger partial charge in [0.2, 0.25) is 5.91 Å². The first-order valence-corrected chi connectivity index (χ1v) is 10.8. The Bertz CT molecular complexity index is 1180. The monoisotopic (exact) mass is 439 g/mol. The number of benzene rings is 3. The molecular formula is C26H25N5O2. The van der Waals surface area contributed by atoms with E-state index in [4.69, 9.17) is 0 Å². The molecule has 1 heterocycles. The molecule has 0 bridgehead atoms. The lowest BCUT2D eigenvalue weighted by molar-refractivity contribution is -0.123. The van der Waals surface area contributed by atoms with Crippen molar-refractivity contribution in [3.05, 3.63) is 114 Å². The van der Waals surface area contributed by atoms with Gasteiger partial charge < -0.3 is 10.6 Å². The largest absolute Gasteiger partial charge is 0.348 e. The Hall–Kier alpha value is -4.26. The summed E-state index contributed by atoms with van der Waals surface area (Å²) in [5, 5.41) is 10.1. The van der Waals surface area contributed by atoms with Gasteiger partial charge in [-0.25, -0.2) is 9.67 Å². The predicted octanol–water partition coefficient (Wildman–Crippen LogP) is 3.49. The Kier molecular flexibility index (Phi) is 6.90. The molecule has 33 heavy (non-hydrogen) atoms. The van der Waals surface area contributed by atoms with Gasteiger partial charge in [-0.1, -0.05) is 60.7 Å². The van der Waals surface area contributed by atoms with E-state index < -0.39 is 6.04 Å². The minimum atomic E-state index is -0.711. The fraction of sp³-hybridized carbons (Fsp3) is 0.154. The number of hydrogen-bond acceptors (Lipinski definition) is 4. The van der Waals surface area contributed by atoms with Crippen LogP contribution in [0.25, 0.3) is 5.69 Å². The molecule has 4 aromatic rings. The van der Waals surface area contributed by atoms with Crippen molar-refractivity contribution >= 4 is 11.8 Å². The Morgan fingerprint density at radius 3 is 2.18 bits per heavy atom. The van der Waals surface area contributed by atoms with Gasteiger partial charge in [0, 0.05) is 12.0 Å². The van der Waals surface area contributed by atoms with Crippen LogP contribution in [0, 0.1) is 0 Å². The minimum absolute atomic E-state index is 0.240. The van der Waals surface area contributed by atoms with Crippen LogP contribution in [-0.4, -0.2) is 32.6 Å². The average molecular weight is 440 g/mol. The van der Waals surface area contributed by atoms with Crippen LogP contribution >= 0.6 is 0 Å². The lowest BCUT2D eigenvalue weighted by Gasteiger charge is -2.22. The van der Waals surface area contributed by atoms with Gasteiger partial charge in [0.25, 0.3) is 5.91 Å². The summed E-state index contributed by atoms with van der Waals surface area (Å²) >= 11 is 0. The maximum absolute atomic E-state index is 13.2. The highest BCUT2D eigenvalue weighted by molar-refractivity contribution is 5.97. The number of hydrogen-bond donors (Lipinski definition) is 2. The number of rotatable bonds is 8. The van der Waals surface area contributed by atoms with E-state index in [1.807, 2.05) is 67.6 Å². The number of carbonyl (C=O) groups excluding carboxylic acids is 2. The molecule has 0 fully saturated rings. The molecule has 0 spiro atoms. The van der Waals surface area contributed by atoms with Crippen LogP contribution in [0.2, 0.25) is 0 Å². The summed E-state index contributed by atoms with van der Waals surface area (Å²) in [6.07, 6.45) is 3.50. The first kappa shape index (κ1) is 22.0. The summed E-state index contributed by atoms with van der Waals surface area (Å²) in [5.41, 5.74) is 3.31. The van der Waals surface area contributed by atoms with E-state index in [9.17, 15) is 9.59 Å². The van der Waals surface area contributed by atoms with Crippen LogP contribution in [0.15, 0.2) is 97.6 Å². The average Bonchev–Trinajstić information content (AvgIpc) is 3.40. The minimum Gasteiger partial charge on any atom is -0.348 e. The number of amides is 2. The molecule has 0 aliphatic heterocycles. The van der Waals surface area contributed by atoms with E-state index in [2.05, 4.69) is 20.7 Å². The fourth-order valence-electron chi connectivity index (χ4n) is 3.54. The molecule has 0 unspecified atom stereocenters. The van der Waals surface area contributed by atoms with Crippen molar-refractivity contribution in [2.24, 2.45) is 0 Å². The molecule has 0 saturated carbocycles. The molecule has 2 amide bonds. The highest BCUT2D eigenvalue weighted by atomic mass is 16.2. The molecule has 0 saturated heterocycles. The Labute approximate surface area is 192 Å². The van der Waals surface area contributed by atoms with Gasteiger partial charge in [0.05, 0.1) is 11.7 Å². The summed E-state index contributed by atoms with van der Waals surface area (Å²) in [6.45, 7) is 1.92. The summed E-state index contributed by atoms with van der Waals surface area (Å²) in [7, 11) is 0. The van der Waals surface area contributed by atoms with Gasteiger partial charge >= 0.3 is 0 Å². The lowest BCUT2D eigenvalue weighted by atomic mass is 10.0. The molecule has 3 aromatic carbocycles. The SMILES string of the molecule is C[C@@H](NC(=O)[C@@H](Cc1ccccc1)NC(=O)c1ccccc1)c1ccc(-n2cncn2)cc1. The van der Waals surface area contributed by atoms with E-state index in [1.54, 1.807) is 35.3 Å². The smallest absolute Gasteiger partial charge is 0.251 e. The third-order valence-corrected chi connectivity index (χ3v) is 5.38. The van der Waals surface area contributed by atoms with Crippen LogP contribution in [-0.2, 0) is 11.2 Å². The second-order valence-electron chi connectivity index (χ2n) is 7.74. The van der Waals surface area contributed by atoms with Gasteiger partial charge in [-0.3, -0.25) is 9.59 Å². The summed E-state index contributed by atoms with van der Waals surface area (Å²) in [4.78, 5) is 29.9.